The topological polar surface area (TPSA) is 59.4 Å². The van der Waals surface area contributed by atoms with E-state index in [0.717, 1.165) is 12.8 Å². The number of aromatic carboxylic acids is 1. The van der Waals surface area contributed by atoms with Crippen molar-refractivity contribution in [1.29, 1.82) is 0 Å². The zero-order valence-corrected chi connectivity index (χ0v) is 7.86. The number of carboxylic acids is 1. The average Bonchev–Trinajstić information content (AvgIpc) is 2.92. The molecule has 4 nitrogen and oxygen atoms in total. The molecule has 0 spiro atoms. The van der Waals surface area contributed by atoms with E-state index < -0.39 is 5.97 Å². The molecular formula is C10H11NO3. The van der Waals surface area contributed by atoms with Crippen LogP contribution >= 0.6 is 0 Å². The first-order valence-electron chi connectivity index (χ1n) is 4.53. The molecule has 0 saturated heterocycles. The van der Waals surface area contributed by atoms with E-state index in [1.54, 1.807) is 13.1 Å². The Hall–Kier alpha value is -1.58. The van der Waals surface area contributed by atoms with Crippen molar-refractivity contribution in [1.82, 2.24) is 4.98 Å². The van der Waals surface area contributed by atoms with Gasteiger partial charge in [0.05, 0.1) is 17.9 Å². The Balaban J connectivity index is 2.30. The molecule has 0 aliphatic heterocycles. The highest BCUT2D eigenvalue weighted by Gasteiger charge is 2.25. The molecule has 1 aliphatic carbocycles. The number of carboxylic acid groups (broad SMARTS) is 1. The van der Waals surface area contributed by atoms with Crippen LogP contribution < -0.4 is 4.74 Å². The van der Waals surface area contributed by atoms with Crippen LogP contribution in [0.15, 0.2) is 12.4 Å². The van der Waals surface area contributed by atoms with Crippen molar-refractivity contribution in [2.45, 2.75) is 25.9 Å². The summed E-state index contributed by atoms with van der Waals surface area (Å²) in [6.07, 6.45) is 5.28. The average molecular weight is 193 g/mol. The molecule has 14 heavy (non-hydrogen) atoms. The lowest BCUT2D eigenvalue weighted by Crippen LogP contribution is -2.05. The van der Waals surface area contributed by atoms with Crippen LogP contribution in [0.3, 0.4) is 0 Å². The van der Waals surface area contributed by atoms with Gasteiger partial charge < -0.3 is 9.84 Å². The highest BCUT2D eigenvalue weighted by atomic mass is 16.5. The molecule has 0 atom stereocenters. The highest BCUT2D eigenvalue weighted by molar-refractivity contribution is 5.89. The van der Waals surface area contributed by atoms with Gasteiger partial charge in [-0.05, 0) is 19.8 Å². The molecule has 74 valence electrons. The number of aromatic nitrogens is 1. The van der Waals surface area contributed by atoms with Crippen molar-refractivity contribution >= 4 is 5.97 Å². The maximum absolute atomic E-state index is 10.8. The lowest BCUT2D eigenvalue weighted by Gasteiger charge is -2.08. The molecule has 0 amide bonds. The second-order valence-corrected chi connectivity index (χ2v) is 3.43. The molecular weight excluding hydrogens is 182 g/mol. The summed E-state index contributed by atoms with van der Waals surface area (Å²) in [6.45, 7) is 1.74. The predicted octanol–water partition coefficient (Wildman–Crippen LogP) is 1.63. The van der Waals surface area contributed by atoms with Gasteiger partial charge in [-0.2, -0.15) is 0 Å². The van der Waals surface area contributed by atoms with E-state index in [9.17, 15) is 4.79 Å². The van der Waals surface area contributed by atoms with E-state index in [4.69, 9.17) is 9.84 Å². The number of carbonyl (C=O) groups is 1. The highest BCUT2D eigenvalue weighted by Crippen LogP contribution is 2.29. The molecule has 1 aliphatic rings. The fourth-order valence-electron chi connectivity index (χ4n) is 1.21. The number of pyridine rings is 1. The molecule has 1 N–H and O–H groups in total. The van der Waals surface area contributed by atoms with Gasteiger partial charge in [0.25, 0.3) is 0 Å². The zero-order chi connectivity index (χ0) is 10.1. The SMILES string of the molecule is Cc1c(OC2CC2)cncc1C(=O)O. The van der Waals surface area contributed by atoms with Crippen LogP contribution in [0.5, 0.6) is 5.75 Å². The van der Waals surface area contributed by atoms with Crippen molar-refractivity contribution < 1.29 is 14.6 Å². The summed E-state index contributed by atoms with van der Waals surface area (Å²) < 4.78 is 5.52. The van der Waals surface area contributed by atoms with Gasteiger partial charge in [-0.1, -0.05) is 0 Å². The van der Waals surface area contributed by atoms with Gasteiger partial charge in [-0.25, -0.2) is 4.79 Å². The van der Waals surface area contributed by atoms with E-state index in [1.807, 2.05) is 0 Å². The first-order valence-corrected chi connectivity index (χ1v) is 4.53. The van der Waals surface area contributed by atoms with Crippen LogP contribution in [0.2, 0.25) is 0 Å². The molecule has 1 heterocycles. The Morgan fingerprint density at radius 1 is 1.57 bits per heavy atom. The van der Waals surface area contributed by atoms with Gasteiger partial charge in [0, 0.05) is 11.8 Å². The van der Waals surface area contributed by atoms with E-state index in [0.29, 0.717) is 11.3 Å². The third kappa shape index (κ3) is 1.69. The summed E-state index contributed by atoms with van der Waals surface area (Å²) >= 11 is 0. The summed E-state index contributed by atoms with van der Waals surface area (Å²) in [7, 11) is 0. The number of rotatable bonds is 3. The zero-order valence-electron chi connectivity index (χ0n) is 7.86. The Labute approximate surface area is 81.5 Å². The minimum atomic E-state index is -0.962. The van der Waals surface area contributed by atoms with Crippen molar-refractivity contribution in [3.8, 4) is 5.75 Å². The van der Waals surface area contributed by atoms with E-state index in [1.165, 1.54) is 6.20 Å². The molecule has 1 aromatic heterocycles. The number of hydrogen-bond acceptors (Lipinski definition) is 3. The Kier molecular flexibility index (Phi) is 2.11. The van der Waals surface area contributed by atoms with Crippen molar-refractivity contribution in [3.63, 3.8) is 0 Å². The fourth-order valence-corrected chi connectivity index (χ4v) is 1.21. The number of hydrogen-bond donors (Lipinski definition) is 1. The maximum atomic E-state index is 10.8. The van der Waals surface area contributed by atoms with Crippen molar-refractivity contribution in [2.75, 3.05) is 0 Å². The van der Waals surface area contributed by atoms with Crippen molar-refractivity contribution in [2.24, 2.45) is 0 Å². The fraction of sp³-hybridized carbons (Fsp3) is 0.400. The normalized spacial score (nSPS) is 15.2. The lowest BCUT2D eigenvalue weighted by atomic mass is 10.1. The van der Waals surface area contributed by atoms with Crippen LogP contribution in [0, 0.1) is 6.92 Å². The Morgan fingerprint density at radius 2 is 2.29 bits per heavy atom. The minimum absolute atomic E-state index is 0.211. The molecule has 2 rings (SSSR count). The monoisotopic (exact) mass is 193 g/mol. The second-order valence-electron chi connectivity index (χ2n) is 3.43. The number of ether oxygens (including phenoxy) is 1. The van der Waals surface area contributed by atoms with Gasteiger partial charge in [0.1, 0.15) is 5.75 Å². The van der Waals surface area contributed by atoms with Gasteiger partial charge >= 0.3 is 5.97 Å². The van der Waals surface area contributed by atoms with Gasteiger partial charge in [0.2, 0.25) is 0 Å². The van der Waals surface area contributed by atoms with Gasteiger partial charge in [-0.15, -0.1) is 0 Å². The van der Waals surface area contributed by atoms with Gasteiger partial charge in [-0.3, -0.25) is 4.98 Å². The standard InChI is InChI=1S/C10H11NO3/c1-6-8(10(12)13)4-11-5-9(6)14-7-2-3-7/h4-5,7H,2-3H2,1H3,(H,12,13). The summed E-state index contributed by atoms with van der Waals surface area (Å²) in [4.78, 5) is 14.6. The van der Waals surface area contributed by atoms with Crippen molar-refractivity contribution in [3.05, 3.63) is 23.5 Å². The molecule has 1 saturated carbocycles. The second kappa shape index (κ2) is 3.29. The van der Waals surface area contributed by atoms with E-state index in [-0.39, 0.29) is 11.7 Å². The Morgan fingerprint density at radius 3 is 2.86 bits per heavy atom. The number of nitrogens with zero attached hydrogens (tertiary/aromatic N) is 1. The van der Waals surface area contributed by atoms with E-state index >= 15 is 0 Å². The summed E-state index contributed by atoms with van der Waals surface area (Å²) in [6, 6.07) is 0. The Bertz CT molecular complexity index is 372. The quantitative estimate of drug-likeness (QED) is 0.792. The largest absolute Gasteiger partial charge is 0.489 e. The predicted molar refractivity (Wildman–Crippen MR) is 49.6 cm³/mol. The molecule has 0 radical (unpaired) electrons. The maximum Gasteiger partial charge on any atom is 0.337 e. The van der Waals surface area contributed by atoms with Crippen LogP contribution in [-0.4, -0.2) is 22.2 Å². The molecule has 0 bridgehead atoms. The van der Waals surface area contributed by atoms with E-state index in [2.05, 4.69) is 4.98 Å². The minimum Gasteiger partial charge on any atom is -0.489 e. The van der Waals surface area contributed by atoms with Crippen LogP contribution in [0.4, 0.5) is 0 Å². The third-order valence-corrected chi connectivity index (χ3v) is 2.22. The molecule has 1 fully saturated rings. The summed E-state index contributed by atoms with van der Waals surface area (Å²) in [5.41, 5.74) is 0.863. The first-order chi connectivity index (χ1) is 6.68. The molecule has 0 unspecified atom stereocenters. The van der Waals surface area contributed by atoms with Crippen LogP contribution in [0.1, 0.15) is 28.8 Å². The van der Waals surface area contributed by atoms with Crippen LogP contribution in [-0.2, 0) is 0 Å². The van der Waals surface area contributed by atoms with Crippen LogP contribution in [0.25, 0.3) is 0 Å². The lowest BCUT2D eigenvalue weighted by molar-refractivity contribution is 0.0695. The summed E-state index contributed by atoms with van der Waals surface area (Å²) in [5, 5.41) is 8.84. The molecule has 4 heteroatoms. The third-order valence-electron chi connectivity index (χ3n) is 2.22. The molecule has 1 aromatic rings. The molecule has 0 aromatic carbocycles. The summed E-state index contributed by atoms with van der Waals surface area (Å²) in [5.74, 6) is -0.372. The van der Waals surface area contributed by atoms with Gasteiger partial charge in [0.15, 0.2) is 0 Å². The smallest absolute Gasteiger partial charge is 0.337 e. The first kappa shape index (κ1) is 8.99.